The Bertz CT molecular complexity index is 937. The molecule has 1 aliphatic carbocycles. The molecule has 0 atom stereocenters. The first-order chi connectivity index (χ1) is 11.7. The van der Waals surface area contributed by atoms with Gasteiger partial charge in [0.25, 0.3) is 0 Å². The Morgan fingerprint density at radius 3 is 2.42 bits per heavy atom. The smallest absolute Gasteiger partial charge is 0.135 e. The first-order valence-electron chi connectivity index (χ1n) is 8.26. The van der Waals surface area contributed by atoms with Crippen LogP contribution in [-0.4, -0.2) is 11.8 Å². The molecule has 4 rings (SSSR count). The fraction of sp³-hybridized carbons (Fsp3) is 0.136. The van der Waals surface area contributed by atoms with Crippen LogP contribution in [0.1, 0.15) is 19.4 Å². The number of fused-ring (bicyclic) bond motifs is 3. The summed E-state index contributed by atoms with van der Waals surface area (Å²) < 4.78 is 6.15. The van der Waals surface area contributed by atoms with Gasteiger partial charge in [-0.1, -0.05) is 30.3 Å². The van der Waals surface area contributed by atoms with Gasteiger partial charge in [0.1, 0.15) is 11.5 Å². The number of nitrogens with zero attached hydrogens (tertiary/aromatic N) is 1. The van der Waals surface area contributed by atoms with Crippen molar-refractivity contribution >= 4 is 22.6 Å². The zero-order valence-electron chi connectivity index (χ0n) is 13.9. The van der Waals surface area contributed by atoms with Gasteiger partial charge in [0.2, 0.25) is 0 Å². The number of rotatable bonds is 1. The van der Waals surface area contributed by atoms with Crippen LogP contribution in [-0.2, 0) is 0 Å². The molecular formula is C22H19NO. The Balaban J connectivity index is 1.70. The number of aliphatic imine (C=N–C) groups is 1. The van der Waals surface area contributed by atoms with Crippen molar-refractivity contribution in [1.29, 1.82) is 0 Å². The van der Waals surface area contributed by atoms with Crippen LogP contribution >= 0.6 is 0 Å². The lowest BCUT2D eigenvalue weighted by molar-refractivity contribution is 0.438. The Kier molecular flexibility index (Phi) is 3.66. The summed E-state index contributed by atoms with van der Waals surface area (Å²) in [5.74, 6) is 1.77. The summed E-state index contributed by atoms with van der Waals surface area (Å²) in [7, 11) is 0. The van der Waals surface area contributed by atoms with E-state index in [0.29, 0.717) is 6.04 Å². The topological polar surface area (TPSA) is 21.6 Å². The summed E-state index contributed by atoms with van der Waals surface area (Å²) in [6.45, 7) is 4.16. The largest absolute Gasteiger partial charge is 0.456 e. The minimum Gasteiger partial charge on any atom is -0.456 e. The zero-order chi connectivity index (χ0) is 16.5. The van der Waals surface area contributed by atoms with Gasteiger partial charge in [-0.15, -0.1) is 0 Å². The second-order valence-electron chi connectivity index (χ2n) is 6.27. The molecular weight excluding hydrogens is 294 g/mol. The first-order valence-corrected chi connectivity index (χ1v) is 8.26. The maximum absolute atomic E-state index is 6.15. The number of benzene rings is 2. The minimum atomic E-state index is 0.300. The highest BCUT2D eigenvalue weighted by atomic mass is 16.5. The van der Waals surface area contributed by atoms with Gasteiger partial charge in [0, 0.05) is 17.2 Å². The van der Waals surface area contributed by atoms with Gasteiger partial charge >= 0.3 is 0 Å². The standard InChI is InChI=1S/C22H19NO/c1-15(2)23-18-10-7-17(8-11-18)21-14-12-20-19-6-4-3-5-16(19)9-13-22(20)24-21/h3-15H,1-2H3. The molecule has 0 spiro atoms. The van der Waals surface area contributed by atoms with Crippen LogP contribution in [0.3, 0.4) is 0 Å². The maximum atomic E-state index is 6.15. The van der Waals surface area contributed by atoms with Crippen molar-refractivity contribution in [3.63, 3.8) is 0 Å². The molecule has 0 radical (unpaired) electrons. The summed E-state index contributed by atoms with van der Waals surface area (Å²) in [6, 6.07) is 12.8. The number of hydrogen-bond acceptors (Lipinski definition) is 2. The van der Waals surface area contributed by atoms with E-state index in [2.05, 4.69) is 67.4 Å². The van der Waals surface area contributed by atoms with Crippen molar-refractivity contribution in [2.45, 2.75) is 19.9 Å². The van der Waals surface area contributed by atoms with E-state index >= 15 is 0 Å². The fourth-order valence-electron chi connectivity index (χ4n) is 3.01. The Morgan fingerprint density at radius 2 is 1.62 bits per heavy atom. The van der Waals surface area contributed by atoms with E-state index < -0.39 is 0 Å². The Labute approximate surface area is 142 Å². The lowest BCUT2D eigenvalue weighted by Crippen LogP contribution is -2.05. The molecule has 2 aromatic carbocycles. The molecule has 0 N–H and O–H groups in total. The number of allylic oxidation sites excluding steroid dienone is 6. The highest BCUT2D eigenvalue weighted by Crippen LogP contribution is 2.35. The van der Waals surface area contributed by atoms with Crippen molar-refractivity contribution in [2.75, 3.05) is 0 Å². The fourth-order valence-corrected chi connectivity index (χ4v) is 3.01. The highest BCUT2D eigenvalue weighted by Gasteiger charge is 2.14. The lowest BCUT2D eigenvalue weighted by Gasteiger charge is -2.18. The zero-order valence-corrected chi connectivity index (χ0v) is 13.9. The normalized spacial score (nSPS) is 15.9. The van der Waals surface area contributed by atoms with Crippen molar-refractivity contribution < 1.29 is 4.74 Å². The van der Waals surface area contributed by atoms with Crippen LogP contribution < -0.4 is 4.74 Å². The van der Waals surface area contributed by atoms with E-state index in [9.17, 15) is 0 Å². The molecule has 0 amide bonds. The van der Waals surface area contributed by atoms with Crippen LogP contribution in [0.2, 0.25) is 0 Å². The van der Waals surface area contributed by atoms with Gasteiger partial charge in [-0.05, 0) is 67.1 Å². The monoisotopic (exact) mass is 313 g/mol. The summed E-state index contributed by atoms with van der Waals surface area (Å²) in [5, 5.41) is 2.45. The predicted molar refractivity (Wildman–Crippen MR) is 101 cm³/mol. The minimum absolute atomic E-state index is 0.300. The van der Waals surface area contributed by atoms with Gasteiger partial charge in [-0.2, -0.15) is 0 Å². The van der Waals surface area contributed by atoms with Gasteiger partial charge in [0.05, 0.1) is 5.71 Å². The Hall–Kier alpha value is -2.87. The maximum Gasteiger partial charge on any atom is 0.135 e. The Morgan fingerprint density at radius 1 is 0.833 bits per heavy atom. The van der Waals surface area contributed by atoms with Crippen molar-refractivity contribution in [3.05, 3.63) is 83.7 Å². The molecule has 0 saturated heterocycles. The number of ether oxygens (including phenoxy) is 1. The third-order valence-electron chi connectivity index (χ3n) is 4.11. The van der Waals surface area contributed by atoms with Crippen molar-refractivity contribution in [3.8, 4) is 5.75 Å². The molecule has 0 saturated carbocycles. The van der Waals surface area contributed by atoms with Crippen LogP contribution in [0, 0.1) is 0 Å². The third kappa shape index (κ3) is 2.71. The molecule has 0 unspecified atom stereocenters. The van der Waals surface area contributed by atoms with Crippen molar-refractivity contribution in [2.24, 2.45) is 4.99 Å². The third-order valence-corrected chi connectivity index (χ3v) is 4.11. The molecule has 118 valence electrons. The lowest BCUT2D eigenvalue weighted by atomic mass is 10.00. The van der Waals surface area contributed by atoms with Gasteiger partial charge < -0.3 is 4.74 Å². The molecule has 2 aliphatic rings. The van der Waals surface area contributed by atoms with Crippen LogP contribution in [0.5, 0.6) is 5.75 Å². The SMILES string of the molecule is CC(C)N=C1C=CC(=C2C=Cc3c(ccc4ccccc34)O2)C=C1. The molecule has 0 fully saturated rings. The second-order valence-corrected chi connectivity index (χ2v) is 6.27. The average molecular weight is 313 g/mol. The van der Waals surface area contributed by atoms with E-state index in [1.54, 1.807) is 0 Å². The van der Waals surface area contributed by atoms with Crippen LogP contribution in [0.4, 0.5) is 0 Å². The van der Waals surface area contributed by atoms with E-state index in [1.807, 2.05) is 24.3 Å². The summed E-state index contributed by atoms with van der Waals surface area (Å²) >= 11 is 0. The predicted octanol–water partition coefficient (Wildman–Crippen LogP) is 5.47. The molecule has 2 nitrogen and oxygen atoms in total. The molecule has 1 aliphatic heterocycles. The molecule has 2 aromatic rings. The van der Waals surface area contributed by atoms with E-state index in [4.69, 9.17) is 4.74 Å². The van der Waals surface area contributed by atoms with Gasteiger partial charge in [-0.3, -0.25) is 4.99 Å². The second kappa shape index (κ2) is 5.97. The van der Waals surface area contributed by atoms with Crippen LogP contribution in [0.25, 0.3) is 16.8 Å². The molecule has 2 heteroatoms. The van der Waals surface area contributed by atoms with E-state index in [1.165, 1.54) is 10.8 Å². The number of hydrogen-bond donors (Lipinski definition) is 0. The highest BCUT2D eigenvalue weighted by molar-refractivity contribution is 6.06. The van der Waals surface area contributed by atoms with Gasteiger partial charge in [0.15, 0.2) is 0 Å². The van der Waals surface area contributed by atoms with E-state index in [0.717, 1.165) is 28.4 Å². The molecule has 1 heterocycles. The van der Waals surface area contributed by atoms with Gasteiger partial charge in [-0.25, -0.2) is 0 Å². The first kappa shape index (κ1) is 14.7. The summed E-state index contributed by atoms with van der Waals surface area (Å²) in [5.41, 5.74) is 3.21. The summed E-state index contributed by atoms with van der Waals surface area (Å²) in [4.78, 5) is 4.55. The molecule has 0 bridgehead atoms. The van der Waals surface area contributed by atoms with Crippen LogP contribution in [0.15, 0.2) is 83.1 Å². The summed E-state index contributed by atoms with van der Waals surface area (Å²) in [6.07, 6.45) is 12.4. The molecule has 0 aromatic heterocycles. The van der Waals surface area contributed by atoms with Crippen molar-refractivity contribution in [1.82, 2.24) is 0 Å². The van der Waals surface area contributed by atoms with E-state index in [-0.39, 0.29) is 0 Å². The quantitative estimate of drug-likeness (QED) is 0.683. The molecule has 24 heavy (non-hydrogen) atoms. The average Bonchev–Trinajstić information content (AvgIpc) is 2.61.